The fourth-order valence-corrected chi connectivity index (χ4v) is 2.68. The molecule has 1 heterocycles. The number of nitrogens with one attached hydrogen (secondary N) is 3. The molecule has 4 N–H and O–H groups in total. The summed E-state index contributed by atoms with van der Waals surface area (Å²) in [7, 11) is 0. The zero-order valence-corrected chi connectivity index (χ0v) is 13.6. The van der Waals surface area contributed by atoms with Crippen LogP contribution in [-0.4, -0.2) is 29.1 Å². The van der Waals surface area contributed by atoms with Crippen molar-refractivity contribution in [2.24, 2.45) is 0 Å². The van der Waals surface area contributed by atoms with E-state index in [9.17, 15) is 23.5 Å². The number of rotatable bonds is 4. The van der Waals surface area contributed by atoms with Crippen molar-refractivity contribution in [3.05, 3.63) is 71.3 Å². The highest BCUT2D eigenvalue weighted by Gasteiger charge is 2.39. The lowest BCUT2D eigenvalue weighted by Crippen LogP contribution is -2.64. The van der Waals surface area contributed by atoms with E-state index in [0.29, 0.717) is 5.56 Å². The molecule has 2 amide bonds. The van der Waals surface area contributed by atoms with Crippen LogP contribution in [0.4, 0.5) is 8.78 Å². The molecule has 3 atom stereocenters. The highest BCUT2D eigenvalue weighted by atomic mass is 19.1. The second-order valence-corrected chi connectivity index (χ2v) is 5.89. The average Bonchev–Trinajstić information content (AvgIpc) is 2.63. The Labute approximate surface area is 148 Å². The predicted molar refractivity (Wildman–Crippen MR) is 88.5 cm³/mol. The van der Waals surface area contributed by atoms with E-state index in [2.05, 4.69) is 16.0 Å². The largest absolute Gasteiger partial charge is 0.381 e. The van der Waals surface area contributed by atoms with Crippen LogP contribution in [0.15, 0.2) is 48.5 Å². The summed E-state index contributed by atoms with van der Waals surface area (Å²) >= 11 is 0. The van der Waals surface area contributed by atoms with E-state index in [1.165, 1.54) is 42.5 Å². The topological polar surface area (TPSA) is 90.5 Å². The van der Waals surface area contributed by atoms with Gasteiger partial charge in [-0.1, -0.05) is 30.3 Å². The molecule has 136 valence electrons. The van der Waals surface area contributed by atoms with E-state index in [1.807, 2.05) is 0 Å². The first kappa shape index (κ1) is 18.0. The number of aliphatic hydroxyl groups is 1. The summed E-state index contributed by atoms with van der Waals surface area (Å²) in [6, 6.07) is 10.1. The van der Waals surface area contributed by atoms with Crippen molar-refractivity contribution in [1.82, 2.24) is 16.0 Å². The van der Waals surface area contributed by atoms with Crippen molar-refractivity contribution >= 4 is 11.8 Å². The first-order valence-corrected chi connectivity index (χ1v) is 7.97. The number of aliphatic hydroxyl groups excluding tert-OH is 1. The number of carbonyl (C=O) groups is 2. The number of hydrogen-bond donors (Lipinski definition) is 4. The molecular formula is C18H17F2N3O3. The van der Waals surface area contributed by atoms with Crippen molar-refractivity contribution in [2.75, 3.05) is 0 Å². The van der Waals surface area contributed by atoms with Crippen LogP contribution in [0.1, 0.15) is 17.3 Å². The van der Waals surface area contributed by atoms with Gasteiger partial charge in [-0.25, -0.2) is 8.78 Å². The molecule has 3 rings (SSSR count). The van der Waals surface area contributed by atoms with E-state index in [-0.39, 0.29) is 12.1 Å². The van der Waals surface area contributed by atoms with Crippen LogP contribution in [-0.2, 0) is 16.1 Å². The number of benzene rings is 2. The molecule has 1 saturated heterocycles. The standard InChI is InChI=1S/C18H17F2N3O3/c19-12-7-5-10(6-8-12)16-22-14(15(24)18(26)23-16)17(25)21-9-11-3-1-2-4-13(11)20/h1-8,14-16,22,24H,9H2,(H,21,25)(H,23,26). The van der Waals surface area contributed by atoms with Crippen LogP contribution in [0, 0.1) is 11.6 Å². The third kappa shape index (κ3) is 3.87. The van der Waals surface area contributed by atoms with Gasteiger partial charge in [0, 0.05) is 12.1 Å². The van der Waals surface area contributed by atoms with Gasteiger partial charge in [-0.05, 0) is 23.8 Å². The van der Waals surface area contributed by atoms with Gasteiger partial charge in [-0.3, -0.25) is 14.9 Å². The lowest BCUT2D eigenvalue weighted by atomic mass is 10.0. The quantitative estimate of drug-likeness (QED) is 0.646. The van der Waals surface area contributed by atoms with Gasteiger partial charge in [0.2, 0.25) is 5.91 Å². The van der Waals surface area contributed by atoms with Gasteiger partial charge < -0.3 is 15.7 Å². The first-order chi connectivity index (χ1) is 12.5. The zero-order chi connectivity index (χ0) is 18.7. The highest BCUT2D eigenvalue weighted by Crippen LogP contribution is 2.17. The fraction of sp³-hybridized carbons (Fsp3) is 0.222. The molecule has 0 aromatic heterocycles. The van der Waals surface area contributed by atoms with Crippen LogP contribution in [0.5, 0.6) is 0 Å². The van der Waals surface area contributed by atoms with E-state index < -0.39 is 41.8 Å². The van der Waals surface area contributed by atoms with Crippen LogP contribution in [0.3, 0.4) is 0 Å². The Hall–Kier alpha value is -2.84. The summed E-state index contributed by atoms with van der Waals surface area (Å²) in [5.41, 5.74) is 0.809. The fourth-order valence-electron chi connectivity index (χ4n) is 2.68. The Morgan fingerprint density at radius 1 is 1.12 bits per heavy atom. The van der Waals surface area contributed by atoms with E-state index in [4.69, 9.17) is 0 Å². The maximum atomic E-state index is 13.6. The van der Waals surface area contributed by atoms with Crippen molar-refractivity contribution in [3.63, 3.8) is 0 Å². The van der Waals surface area contributed by atoms with Crippen molar-refractivity contribution < 1.29 is 23.5 Å². The minimum Gasteiger partial charge on any atom is -0.381 e. The lowest BCUT2D eigenvalue weighted by molar-refractivity contribution is -0.142. The minimum absolute atomic E-state index is 0.0841. The van der Waals surface area contributed by atoms with Gasteiger partial charge in [-0.2, -0.15) is 0 Å². The Balaban J connectivity index is 1.70. The van der Waals surface area contributed by atoms with Crippen LogP contribution in [0.25, 0.3) is 0 Å². The summed E-state index contributed by atoms with van der Waals surface area (Å²) in [6.07, 6.45) is -2.37. The third-order valence-corrected chi connectivity index (χ3v) is 4.11. The summed E-state index contributed by atoms with van der Waals surface area (Å²) in [5, 5.41) is 17.8. The van der Waals surface area contributed by atoms with Crippen LogP contribution in [0.2, 0.25) is 0 Å². The van der Waals surface area contributed by atoms with Crippen LogP contribution < -0.4 is 16.0 Å². The molecule has 1 fully saturated rings. The molecule has 0 spiro atoms. The smallest absolute Gasteiger partial charge is 0.252 e. The predicted octanol–water partition coefficient (Wildman–Crippen LogP) is 0.729. The van der Waals surface area contributed by atoms with Crippen molar-refractivity contribution in [2.45, 2.75) is 24.9 Å². The molecule has 1 aliphatic heterocycles. The number of hydrogen-bond acceptors (Lipinski definition) is 4. The molecule has 0 aliphatic carbocycles. The van der Waals surface area contributed by atoms with Gasteiger partial charge in [0.25, 0.3) is 5.91 Å². The molecule has 6 nitrogen and oxygen atoms in total. The molecule has 8 heteroatoms. The summed E-state index contributed by atoms with van der Waals surface area (Å²) in [4.78, 5) is 24.3. The summed E-state index contributed by atoms with van der Waals surface area (Å²) in [5.74, 6) is -2.28. The Morgan fingerprint density at radius 3 is 2.50 bits per heavy atom. The Bertz CT molecular complexity index is 814. The SMILES string of the molecule is O=C1NC(c2ccc(F)cc2)NC(C(=O)NCc2ccccc2F)C1O. The molecule has 0 radical (unpaired) electrons. The van der Waals surface area contributed by atoms with Crippen LogP contribution >= 0.6 is 0 Å². The van der Waals surface area contributed by atoms with E-state index in [1.54, 1.807) is 6.07 Å². The van der Waals surface area contributed by atoms with E-state index in [0.717, 1.165) is 0 Å². The molecule has 0 saturated carbocycles. The highest BCUT2D eigenvalue weighted by molar-refractivity contribution is 5.93. The minimum atomic E-state index is -1.60. The van der Waals surface area contributed by atoms with Gasteiger partial charge >= 0.3 is 0 Å². The maximum absolute atomic E-state index is 13.6. The molecule has 1 aliphatic rings. The van der Waals surface area contributed by atoms with Crippen molar-refractivity contribution in [3.8, 4) is 0 Å². The van der Waals surface area contributed by atoms with Gasteiger partial charge in [-0.15, -0.1) is 0 Å². The molecule has 2 aromatic rings. The van der Waals surface area contributed by atoms with Gasteiger partial charge in [0.15, 0.2) is 6.10 Å². The second-order valence-electron chi connectivity index (χ2n) is 5.89. The molecule has 0 bridgehead atoms. The van der Waals surface area contributed by atoms with Crippen molar-refractivity contribution in [1.29, 1.82) is 0 Å². The van der Waals surface area contributed by atoms with Gasteiger partial charge in [0.05, 0.1) is 0 Å². The number of amides is 2. The molecule has 26 heavy (non-hydrogen) atoms. The first-order valence-electron chi connectivity index (χ1n) is 7.97. The second kappa shape index (κ2) is 7.59. The zero-order valence-electron chi connectivity index (χ0n) is 13.6. The lowest BCUT2D eigenvalue weighted by Gasteiger charge is -2.34. The maximum Gasteiger partial charge on any atom is 0.252 e. The molecule has 2 aromatic carbocycles. The Kier molecular flexibility index (Phi) is 5.24. The average molecular weight is 361 g/mol. The number of halogens is 2. The third-order valence-electron chi connectivity index (χ3n) is 4.11. The molecule has 3 unspecified atom stereocenters. The van der Waals surface area contributed by atoms with Gasteiger partial charge in [0.1, 0.15) is 23.8 Å². The Morgan fingerprint density at radius 2 is 1.81 bits per heavy atom. The monoisotopic (exact) mass is 361 g/mol. The van der Waals surface area contributed by atoms with E-state index >= 15 is 0 Å². The summed E-state index contributed by atoms with van der Waals surface area (Å²) in [6.45, 7) is -0.0841. The summed E-state index contributed by atoms with van der Waals surface area (Å²) < 4.78 is 26.7. The normalized spacial score (nSPS) is 22.6. The number of carbonyl (C=O) groups excluding carboxylic acids is 2. The molecular weight excluding hydrogens is 344 g/mol.